The number of thiophene rings is 1. The van der Waals surface area contributed by atoms with Gasteiger partial charge in [0.15, 0.2) is 0 Å². The molecule has 1 nitrogen and oxygen atoms in total. The molecule has 3 heteroatoms. The first-order valence-corrected chi connectivity index (χ1v) is 8.25. The third-order valence-corrected chi connectivity index (χ3v) is 5.02. The molecule has 1 atom stereocenters. The van der Waals surface area contributed by atoms with Crippen LogP contribution in [0.1, 0.15) is 31.2 Å². The maximum Gasteiger partial charge on any atom is 0.0406 e. The SMILES string of the molecule is CC(Cc1ccc(Cl)cc1)NCC(C)(C)c1cccs1. The zero-order chi connectivity index (χ0) is 14.6. The van der Waals surface area contributed by atoms with E-state index in [1.54, 1.807) is 0 Å². The van der Waals surface area contributed by atoms with Gasteiger partial charge in [-0.05, 0) is 42.5 Å². The molecule has 0 aliphatic rings. The van der Waals surface area contributed by atoms with Crippen molar-refractivity contribution >= 4 is 22.9 Å². The molecule has 1 aromatic carbocycles. The number of hydrogen-bond acceptors (Lipinski definition) is 2. The van der Waals surface area contributed by atoms with Crippen LogP contribution >= 0.6 is 22.9 Å². The van der Waals surface area contributed by atoms with Crippen LogP contribution in [0, 0.1) is 0 Å². The molecule has 2 aromatic rings. The Bertz CT molecular complexity index is 516. The molecular formula is C17H22ClNS. The van der Waals surface area contributed by atoms with E-state index in [0.29, 0.717) is 6.04 Å². The summed E-state index contributed by atoms with van der Waals surface area (Å²) in [4.78, 5) is 1.43. The second kappa shape index (κ2) is 6.75. The third kappa shape index (κ3) is 4.34. The summed E-state index contributed by atoms with van der Waals surface area (Å²) in [6.45, 7) is 7.81. The van der Waals surface area contributed by atoms with Crippen LogP contribution in [0.15, 0.2) is 41.8 Å². The number of benzene rings is 1. The molecule has 1 heterocycles. The van der Waals surface area contributed by atoms with Crippen LogP contribution in [0.4, 0.5) is 0 Å². The summed E-state index contributed by atoms with van der Waals surface area (Å²) >= 11 is 7.74. The Morgan fingerprint density at radius 3 is 2.50 bits per heavy atom. The Kier molecular flexibility index (Phi) is 5.25. The van der Waals surface area contributed by atoms with E-state index < -0.39 is 0 Å². The fourth-order valence-corrected chi connectivity index (χ4v) is 3.20. The summed E-state index contributed by atoms with van der Waals surface area (Å²) in [5.41, 5.74) is 1.51. The monoisotopic (exact) mass is 307 g/mol. The van der Waals surface area contributed by atoms with Crippen LogP contribution in [0.25, 0.3) is 0 Å². The Labute approximate surface area is 131 Å². The van der Waals surface area contributed by atoms with Crippen LogP contribution in [-0.2, 0) is 11.8 Å². The average Bonchev–Trinajstić information content (AvgIpc) is 2.94. The van der Waals surface area contributed by atoms with Crippen molar-refractivity contribution < 1.29 is 0 Å². The minimum atomic E-state index is 0.183. The summed E-state index contributed by atoms with van der Waals surface area (Å²) in [6, 6.07) is 12.9. The lowest BCUT2D eigenvalue weighted by atomic mass is 9.91. The fraction of sp³-hybridized carbons (Fsp3) is 0.412. The van der Waals surface area contributed by atoms with E-state index in [-0.39, 0.29) is 5.41 Å². The van der Waals surface area contributed by atoms with Gasteiger partial charge in [-0.25, -0.2) is 0 Å². The summed E-state index contributed by atoms with van der Waals surface area (Å²) in [5, 5.41) is 6.59. The van der Waals surface area contributed by atoms with Gasteiger partial charge in [0.1, 0.15) is 0 Å². The van der Waals surface area contributed by atoms with E-state index in [0.717, 1.165) is 18.0 Å². The average molecular weight is 308 g/mol. The van der Waals surface area contributed by atoms with Crippen LogP contribution in [0.2, 0.25) is 5.02 Å². The predicted octanol–water partition coefficient (Wildman–Crippen LogP) is 4.90. The third-order valence-electron chi connectivity index (χ3n) is 3.54. The van der Waals surface area contributed by atoms with Crippen molar-refractivity contribution in [2.45, 2.75) is 38.6 Å². The fourth-order valence-electron chi connectivity index (χ4n) is 2.23. The molecule has 20 heavy (non-hydrogen) atoms. The van der Waals surface area contributed by atoms with Crippen molar-refractivity contribution in [1.82, 2.24) is 5.32 Å². The number of hydrogen-bond donors (Lipinski definition) is 1. The van der Waals surface area contributed by atoms with Gasteiger partial charge in [0, 0.05) is 27.9 Å². The van der Waals surface area contributed by atoms with Crippen molar-refractivity contribution in [2.24, 2.45) is 0 Å². The molecule has 0 aliphatic carbocycles. The molecule has 0 saturated carbocycles. The van der Waals surface area contributed by atoms with E-state index in [4.69, 9.17) is 11.6 Å². The Morgan fingerprint density at radius 1 is 1.20 bits per heavy atom. The second-order valence-electron chi connectivity index (χ2n) is 5.97. The lowest BCUT2D eigenvalue weighted by Gasteiger charge is -2.26. The van der Waals surface area contributed by atoms with Gasteiger partial charge in [-0.2, -0.15) is 0 Å². The molecular weight excluding hydrogens is 286 g/mol. The summed E-state index contributed by atoms with van der Waals surface area (Å²) < 4.78 is 0. The number of halogens is 1. The molecule has 1 aromatic heterocycles. The first kappa shape index (κ1) is 15.6. The maximum atomic E-state index is 5.91. The Balaban J connectivity index is 1.86. The minimum Gasteiger partial charge on any atom is -0.313 e. The predicted molar refractivity (Wildman–Crippen MR) is 90.0 cm³/mol. The van der Waals surface area contributed by atoms with E-state index in [1.807, 2.05) is 23.5 Å². The highest BCUT2D eigenvalue weighted by atomic mass is 35.5. The Morgan fingerprint density at radius 2 is 1.90 bits per heavy atom. The number of rotatable bonds is 6. The first-order chi connectivity index (χ1) is 9.47. The lowest BCUT2D eigenvalue weighted by molar-refractivity contribution is 0.433. The van der Waals surface area contributed by atoms with Crippen LogP contribution in [0.5, 0.6) is 0 Å². The van der Waals surface area contributed by atoms with Crippen molar-refractivity contribution in [3.8, 4) is 0 Å². The topological polar surface area (TPSA) is 12.0 Å². The van der Waals surface area contributed by atoms with Crippen LogP contribution in [0.3, 0.4) is 0 Å². The van der Waals surface area contributed by atoms with E-state index in [2.05, 4.69) is 55.7 Å². The minimum absolute atomic E-state index is 0.183. The van der Waals surface area contributed by atoms with Gasteiger partial charge in [0.2, 0.25) is 0 Å². The normalized spacial score (nSPS) is 13.4. The molecule has 0 radical (unpaired) electrons. The van der Waals surface area contributed by atoms with E-state index in [1.165, 1.54) is 10.4 Å². The van der Waals surface area contributed by atoms with E-state index >= 15 is 0 Å². The summed E-state index contributed by atoms with van der Waals surface area (Å²) in [7, 11) is 0. The smallest absolute Gasteiger partial charge is 0.0406 e. The maximum absolute atomic E-state index is 5.91. The van der Waals surface area contributed by atoms with Gasteiger partial charge in [0.25, 0.3) is 0 Å². The van der Waals surface area contributed by atoms with Gasteiger partial charge in [0.05, 0.1) is 0 Å². The largest absolute Gasteiger partial charge is 0.313 e. The van der Waals surface area contributed by atoms with Gasteiger partial charge in [-0.1, -0.05) is 43.6 Å². The highest BCUT2D eigenvalue weighted by Gasteiger charge is 2.22. The molecule has 0 saturated heterocycles. The Hall–Kier alpha value is -0.830. The lowest BCUT2D eigenvalue weighted by Crippen LogP contribution is -2.38. The van der Waals surface area contributed by atoms with Crippen LogP contribution in [-0.4, -0.2) is 12.6 Å². The molecule has 0 amide bonds. The number of nitrogens with one attached hydrogen (secondary N) is 1. The summed E-state index contributed by atoms with van der Waals surface area (Å²) in [5.74, 6) is 0. The molecule has 0 bridgehead atoms. The van der Waals surface area contributed by atoms with Crippen molar-refractivity contribution in [2.75, 3.05) is 6.54 Å². The van der Waals surface area contributed by atoms with Crippen LogP contribution < -0.4 is 5.32 Å². The van der Waals surface area contributed by atoms with Gasteiger partial charge < -0.3 is 5.32 Å². The van der Waals surface area contributed by atoms with Gasteiger partial charge >= 0.3 is 0 Å². The van der Waals surface area contributed by atoms with Crippen molar-refractivity contribution in [3.05, 3.63) is 57.2 Å². The second-order valence-corrected chi connectivity index (χ2v) is 7.36. The highest BCUT2D eigenvalue weighted by molar-refractivity contribution is 7.10. The molecule has 108 valence electrons. The van der Waals surface area contributed by atoms with Gasteiger partial charge in [-0.15, -0.1) is 11.3 Å². The van der Waals surface area contributed by atoms with E-state index in [9.17, 15) is 0 Å². The van der Waals surface area contributed by atoms with Crippen molar-refractivity contribution in [3.63, 3.8) is 0 Å². The molecule has 0 spiro atoms. The molecule has 1 unspecified atom stereocenters. The zero-order valence-electron chi connectivity index (χ0n) is 12.3. The molecule has 0 aliphatic heterocycles. The molecule has 0 fully saturated rings. The summed E-state index contributed by atoms with van der Waals surface area (Å²) in [6.07, 6.45) is 1.03. The quantitative estimate of drug-likeness (QED) is 0.800. The zero-order valence-corrected chi connectivity index (χ0v) is 13.9. The molecule has 1 N–H and O–H groups in total. The standard InChI is InChI=1S/C17H22ClNS/c1-13(11-14-6-8-15(18)9-7-14)19-12-17(2,3)16-5-4-10-20-16/h4-10,13,19H,11-12H2,1-3H3. The van der Waals surface area contributed by atoms with Gasteiger partial charge in [-0.3, -0.25) is 0 Å². The molecule has 2 rings (SSSR count). The van der Waals surface area contributed by atoms with Crippen molar-refractivity contribution in [1.29, 1.82) is 0 Å². The first-order valence-electron chi connectivity index (χ1n) is 6.99. The highest BCUT2D eigenvalue weighted by Crippen LogP contribution is 2.26.